The second-order valence-corrected chi connectivity index (χ2v) is 10.6. The topological polar surface area (TPSA) is 74.5 Å². The van der Waals surface area contributed by atoms with Crippen LogP contribution in [0, 0.1) is 11.3 Å². The van der Waals surface area contributed by atoms with Crippen molar-refractivity contribution in [3.8, 4) is 28.5 Å². The van der Waals surface area contributed by atoms with Gasteiger partial charge < -0.3 is 23.8 Å². The third kappa shape index (κ3) is 5.07. The number of aromatic nitrogens is 2. The first-order chi connectivity index (χ1) is 18.4. The summed E-state index contributed by atoms with van der Waals surface area (Å²) in [5.74, 6) is 0.774. The van der Waals surface area contributed by atoms with Crippen molar-refractivity contribution in [2.75, 3.05) is 46.6 Å². The number of likely N-dealkylation sites (tertiary alicyclic amines) is 1. The van der Waals surface area contributed by atoms with Crippen LogP contribution in [-0.2, 0) is 4.74 Å². The second-order valence-electron chi connectivity index (χ2n) is 10.6. The maximum absolute atomic E-state index is 13.3. The predicted molar refractivity (Wildman–Crippen MR) is 135 cm³/mol. The van der Waals surface area contributed by atoms with Crippen LogP contribution in [0.1, 0.15) is 36.0 Å². The molecule has 202 valence electrons. The van der Waals surface area contributed by atoms with Gasteiger partial charge in [0.05, 0.1) is 38.8 Å². The lowest BCUT2D eigenvalue weighted by atomic mass is 9.78. The van der Waals surface area contributed by atoms with Crippen molar-refractivity contribution in [2.24, 2.45) is 11.3 Å². The van der Waals surface area contributed by atoms with E-state index in [1.165, 1.54) is 13.2 Å². The van der Waals surface area contributed by atoms with Crippen LogP contribution >= 0.6 is 0 Å². The zero-order valence-electron chi connectivity index (χ0n) is 21.3. The van der Waals surface area contributed by atoms with Crippen molar-refractivity contribution in [3.63, 3.8) is 0 Å². The minimum Gasteiger partial charge on any atom is -0.496 e. The van der Waals surface area contributed by atoms with Gasteiger partial charge in [0.2, 0.25) is 0 Å². The second kappa shape index (κ2) is 10.1. The van der Waals surface area contributed by atoms with Crippen LogP contribution in [0.15, 0.2) is 36.7 Å². The van der Waals surface area contributed by atoms with Crippen LogP contribution in [0.4, 0.5) is 8.78 Å². The average Bonchev–Trinajstić information content (AvgIpc) is 3.55. The lowest BCUT2D eigenvalue weighted by molar-refractivity contribution is -0.189. The van der Waals surface area contributed by atoms with Crippen LogP contribution < -0.4 is 14.2 Å². The molecule has 1 spiro atoms. The Kier molecular flexibility index (Phi) is 6.69. The van der Waals surface area contributed by atoms with E-state index in [1.54, 1.807) is 12.3 Å². The van der Waals surface area contributed by atoms with E-state index >= 15 is 0 Å². The van der Waals surface area contributed by atoms with Gasteiger partial charge in [-0.1, -0.05) is 0 Å². The van der Waals surface area contributed by atoms with Gasteiger partial charge in [-0.05, 0) is 43.4 Å². The van der Waals surface area contributed by atoms with Gasteiger partial charge in [-0.15, -0.1) is 0 Å². The van der Waals surface area contributed by atoms with E-state index in [2.05, 4.69) is 9.88 Å². The summed E-state index contributed by atoms with van der Waals surface area (Å²) in [5, 5.41) is 0. The first-order valence-electron chi connectivity index (χ1n) is 13.0. The molecule has 3 aromatic rings. The fourth-order valence-corrected chi connectivity index (χ4v) is 5.43. The Balaban J connectivity index is 1.17. The van der Waals surface area contributed by atoms with Crippen LogP contribution in [0.2, 0.25) is 0 Å². The minimum absolute atomic E-state index is 0.0578. The van der Waals surface area contributed by atoms with Gasteiger partial charge >= 0.3 is 6.61 Å². The molecular formula is C28H31F2N3O5. The van der Waals surface area contributed by atoms with E-state index in [4.69, 9.17) is 18.9 Å². The fraction of sp³-hybridized carbons (Fsp3) is 0.500. The van der Waals surface area contributed by atoms with Gasteiger partial charge in [-0.25, -0.2) is 4.98 Å². The Labute approximate surface area is 219 Å². The van der Waals surface area contributed by atoms with Crippen LogP contribution in [0.3, 0.4) is 0 Å². The number of Topliss-reactive ketones (excluding diaryl/α,β-unsaturated/α-hetero) is 1. The van der Waals surface area contributed by atoms with Gasteiger partial charge in [0.15, 0.2) is 5.78 Å². The largest absolute Gasteiger partial charge is 0.496 e. The molecule has 0 unspecified atom stereocenters. The zero-order chi connectivity index (χ0) is 26.3. The molecule has 8 nitrogen and oxygen atoms in total. The molecule has 1 aromatic carbocycles. The summed E-state index contributed by atoms with van der Waals surface area (Å²) in [6.45, 7) is 2.54. The Morgan fingerprint density at radius 1 is 1.21 bits per heavy atom. The molecule has 3 aliphatic rings. The van der Waals surface area contributed by atoms with E-state index in [9.17, 15) is 13.6 Å². The molecule has 3 fully saturated rings. The van der Waals surface area contributed by atoms with Gasteiger partial charge in [0, 0.05) is 49.3 Å². The number of carbonyl (C=O) groups is 1. The molecule has 38 heavy (non-hydrogen) atoms. The summed E-state index contributed by atoms with van der Waals surface area (Å²) in [6.07, 6.45) is 6.64. The first kappa shape index (κ1) is 25.1. The molecule has 1 aliphatic carbocycles. The number of benzene rings is 1. The average molecular weight is 528 g/mol. The molecule has 4 heterocycles. The molecule has 2 saturated heterocycles. The number of hydrogen-bond donors (Lipinski definition) is 0. The summed E-state index contributed by atoms with van der Waals surface area (Å²) in [4.78, 5) is 19.8. The van der Waals surface area contributed by atoms with E-state index in [1.807, 2.05) is 22.7 Å². The summed E-state index contributed by atoms with van der Waals surface area (Å²) < 4.78 is 49.9. The van der Waals surface area contributed by atoms with Crippen molar-refractivity contribution in [1.29, 1.82) is 0 Å². The molecule has 2 aliphatic heterocycles. The van der Waals surface area contributed by atoms with Crippen molar-refractivity contribution in [3.05, 3.63) is 42.2 Å². The molecular weight excluding hydrogens is 496 g/mol. The number of hydrogen-bond acceptors (Lipinski definition) is 7. The normalized spacial score (nSPS) is 18.4. The SMILES string of the molecule is COc1cc(-c2cnc3cc(OCCCN4CC5(COC5)C4)ccn23)cc(OC(F)F)c1C(=O)CC1CC1. The fourth-order valence-electron chi connectivity index (χ4n) is 5.43. The number of rotatable bonds is 12. The van der Waals surface area contributed by atoms with Gasteiger partial charge in [-0.2, -0.15) is 8.78 Å². The molecule has 2 aromatic heterocycles. The minimum atomic E-state index is -3.07. The monoisotopic (exact) mass is 527 g/mol. The van der Waals surface area contributed by atoms with Crippen molar-refractivity contribution < 1.29 is 32.5 Å². The highest BCUT2D eigenvalue weighted by atomic mass is 19.3. The standard InChI is InChI=1S/C28H31F2N3O5/c1-35-23-10-19(11-24(38-27(29)30)26(23)22(34)9-18-3-4-18)21-13-31-25-12-20(5-7-33(21)25)37-8-2-6-32-14-28(15-32)16-36-17-28/h5,7,10-13,18,27H,2-4,6,8-9,14-17H2,1H3. The molecule has 0 radical (unpaired) electrons. The van der Waals surface area contributed by atoms with Gasteiger partial charge in [-0.3, -0.25) is 9.20 Å². The first-order valence-corrected chi connectivity index (χ1v) is 13.0. The summed E-state index contributed by atoms with van der Waals surface area (Å²) in [5.41, 5.74) is 2.33. The summed E-state index contributed by atoms with van der Waals surface area (Å²) >= 11 is 0. The summed E-state index contributed by atoms with van der Waals surface area (Å²) in [6, 6.07) is 6.82. The van der Waals surface area contributed by atoms with E-state index in [-0.39, 0.29) is 22.8 Å². The molecule has 0 atom stereocenters. The molecule has 6 rings (SSSR count). The smallest absolute Gasteiger partial charge is 0.387 e. The number of imidazole rings is 1. The third-order valence-electron chi connectivity index (χ3n) is 7.55. The number of halogens is 2. The van der Waals surface area contributed by atoms with Crippen molar-refractivity contribution in [1.82, 2.24) is 14.3 Å². The lowest BCUT2D eigenvalue weighted by Crippen LogP contribution is -2.65. The number of alkyl halides is 2. The lowest BCUT2D eigenvalue weighted by Gasteiger charge is -2.55. The Hall–Kier alpha value is -3.24. The quantitative estimate of drug-likeness (QED) is 0.250. The number of pyridine rings is 1. The Bertz CT molecular complexity index is 1330. The van der Waals surface area contributed by atoms with Gasteiger partial charge in [0.25, 0.3) is 0 Å². The molecule has 0 amide bonds. The van der Waals surface area contributed by atoms with E-state index in [0.29, 0.717) is 47.0 Å². The highest BCUT2D eigenvalue weighted by Crippen LogP contribution is 2.41. The van der Waals surface area contributed by atoms with Crippen molar-refractivity contribution in [2.45, 2.75) is 32.3 Å². The highest BCUT2D eigenvalue weighted by molar-refractivity contribution is 6.02. The molecule has 10 heteroatoms. The van der Waals surface area contributed by atoms with Crippen molar-refractivity contribution >= 4 is 11.4 Å². The molecule has 0 N–H and O–H groups in total. The maximum Gasteiger partial charge on any atom is 0.387 e. The molecule has 0 bridgehead atoms. The number of fused-ring (bicyclic) bond motifs is 1. The number of ether oxygens (including phenoxy) is 4. The van der Waals surface area contributed by atoms with E-state index in [0.717, 1.165) is 52.1 Å². The maximum atomic E-state index is 13.3. The number of ketones is 1. The van der Waals surface area contributed by atoms with Crippen LogP contribution in [0.5, 0.6) is 17.2 Å². The third-order valence-corrected chi connectivity index (χ3v) is 7.55. The summed E-state index contributed by atoms with van der Waals surface area (Å²) in [7, 11) is 1.42. The number of methoxy groups -OCH3 is 1. The number of nitrogens with zero attached hydrogens (tertiary/aromatic N) is 3. The van der Waals surface area contributed by atoms with Crippen LogP contribution in [-0.4, -0.2) is 73.2 Å². The Morgan fingerprint density at radius 3 is 2.68 bits per heavy atom. The zero-order valence-corrected chi connectivity index (χ0v) is 21.3. The number of carbonyl (C=O) groups excluding carboxylic acids is 1. The van der Waals surface area contributed by atoms with Gasteiger partial charge in [0.1, 0.15) is 28.5 Å². The van der Waals surface area contributed by atoms with Crippen LogP contribution in [0.25, 0.3) is 16.9 Å². The molecule has 1 saturated carbocycles. The predicted octanol–water partition coefficient (Wildman–Crippen LogP) is 4.70. The Morgan fingerprint density at radius 2 is 2.00 bits per heavy atom. The highest BCUT2D eigenvalue weighted by Gasteiger charge is 2.48. The van der Waals surface area contributed by atoms with E-state index < -0.39 is 6.61 Å².